The number of fused-ring (bicyclic) bond motifs is 1. The smallest absolute Gasteiger partial charge is 0.405 e. The molecule has 4 atom stereocenters. The fourth-order valence-corrected chi connectivity index (χ4v) is 4.61. The lowest BCUT2D eigenvalue weighted by atomic mass is 9.92. The van der Waals surface area contributed by atoms with Gasteiger partial charge in [-0.3, -0.25) is 4.98 Å². The van der Waals surface area contributed by atoms with E-state index in [0.29, 0.717) is 23.3 Å². The molecule has 0 bridgehead atoms. The van der Waals surface area contributed by atoms with Gasteiger partial charge in [0.2, 0.25) is 5.95 Å². The number of nitrogens with zero attached hydrogens (tertiary/aromatic N) is 3. The molecule has 0 aromatic carbocycles. The van der Waals surface area contributed by atoms with Crippen LogP contribution in [0, 0.1) is 24.7 Å². The van der Waals surface area contributed by atoms with E-state index in [1.807, 2.05) is 13.0 Å². The Morgan fingerprint density at radius 3 is 2.64 bits per heavy atom. The number of hydrogen-bond donors (Lipinski definition) is 3. The van der Waals surface area contributed by atoms with Crippen molar-refractivity contribution in [3.8, 4) is 11.3 Å². The number of aliphatic hydroxyl groups excluding tert-OH is 1. The third kappa shape index (κ3) is 5.01. The number of aryl methyl sites for hydroxylation is 1. The van der Waals surface area contributed by atoms with E-state index in [4.69, 9.17) is 16.0 Å². The predicted molar refractivity (Wildman–Crippen MR) is 120 cm³/mol. The second-order valence-electron chi connectivity index (χ2n) is 8.65. The summed E-state index contributed by atoms with van der Waals surface area (Å²) in [6, 6.07) is 3.57. The van der Waals surface area contributed by atoms with Gasteiger partial charge >= 0.3 is 6.18 Å². The zero-order valence-electron chi connectivity index (χ0n) is 18.4. The van der Waals surface area contributed by atoms with Gasteiger partial charge in [0, 0.05) is 23.7 Å². The lowest BCUT2D eigenvalue weighted by Gasteiger charge is -2.22. The lowest BCUT2D eigenvalue weighted by molar-refractivity contribution is -0.115. The van der Waals surface area contributed by atoms with Gasteiger partial charge in [-0.05, 0) is 43.2 Å². The van der Waals surface area contributed by atoms with E-state index in [1.165, 1.54) is 0 Å². The SMILES string of the molecule is Cc1cc2cc(-c3c(Cl)nc(NCC(F)(F)F)nc3NC3CC(CO)C(C)C3C)oc2cn1. The van der Waals surface area contributed by atoms with Gasteiger partial charge in [-0.25, -0.2) is 4.98 Å². The first kappa shape index (κ1) is 23.6. The summed E-state index contributed by atoms with van der Waals surface area (Å²) in [5.74, 6) is 0.973. The van der Waals surface area contributed by atoms with Crippen LogP contribution in [0.1, 0.15) is 26.0 Å². The normalized spacial score (nSPS) is 23.3. The van der Waals surface area contributed by atoms with Crippen LogP contribution in [0.3, 0.4) is 0 Å². The maximum Gasteiger partial charge on any atom is 0.405 e. The molecule has 1 aliphatic carbocycles. The molecule has 3 N–H and O–H groups in total. The molecule has 0 amide bonds. The first-order chi connectivity index (χ1) is 15.6. The summed E-state index contributed by atoms with van der Waals surface area (Å²) in [5.41, 5.74) is 1.71. The highest BCUT2D eigenvalue weighted by molar-refractivity contribution is 6.32. The van der Waals surface area contributed by atoms with E-state index in [0.717, 1.165) is 11.1 Å². The third-order valence-corrected chi connectivity index (χ3v) is 6.69. The Labute approximate surface area is 193 Å². The average Bonchev–Trinajstić information content (AvgIpc) is 3.26. The van der Waals surface area contributed by atoms with Crippen LogP contribution >= 0.6 is 11.6 Å². The van der Waals surface area contributed by atoms with Crippen molar-refractivity contribution in [1.82, 2.24) is 15.0 Å². The number of aliphatic hydroxyl groups is 1. The summed E-state index contributed by atoms with van der Waals surface area (Å²) in [5, 5.41) is 16.0. The molecule has 1 aliphatic rings. The topological polar surface area (TPSA) is 96.1 Å². The number of aromatic nitrogens is 3. The van der Waals surface area contributed by atoms with Gasteiger partial charge in [0.25, 0.3) is 0 Å². The highest BCUT2D eigenvalue weighted by Crippen LogP contribution is 2.42. The first-order valence-electron chi connectivity index (χ1n) is 10.7. The molecule has 11 heteroatoms. The summed E-state index contributed by atoms with van der Waals surface area (Å²) in [4.78, 5) is 12.6. The van der Waals surface area contributed by atoms with E-state index >= 15 is 0 Å². The number of halogens is 4. The third-order valence-electron chi connectivity index (χ3n) is 6.42. The van der Waals surface area contributed by atoms with Crippen LogP contribution in [0.15, 0.2) is 22.7 Å². The maximum atomic E-state index is 12.7. The van der Waals surface area contributed by atoms with E-state index in [1.54, 1.807) is 12.3 Å². The van der Waals surface area contributed by atoms with E-state index in [2.05, 4.69) is 39.4 Å². The minimum absolute atomic E-state index is 0.0432. The Morgan fingerprint density at radius 2 is 1.97 bits per heavy atom. The maximum absolute atomic E-state index is 12.7. The van der Waals surface area contributed by atoms with Gasteiger partial charge in [-0.15, -0.1) is 0 Å². The summed E-state index contributed by atoms with van der Waals surface area (Å²) in [6.45, 7) is 4.78. The standard InChI is InChI=1S/C22H25ClF3N5O2/c1-10-4-13-6-16(33-17(13)7-27-10)18-19(23)30-21(28-9-22(24,25)26)31-20(18)29-15-5-14(8-32)11(2)12(15)3/h4,6-7,11-12,14-15,32H,5,8-9H2,1-3H3,(H2,28,29,30,31). The molecular weight excluding hydrogens is 459 g/mol. The van der Waals surface area contributed by atoms with Crippen molar-refractivity contribution in [2.45, 2.75) is 39.4 Å². The Balaban J connectivity index is 1.75. The Kier molecular flexibility index (Phi) is 6.41. The minimum atomic E-state index is -4.44. The van der Waals surface area contributed by atoms with Crippen molar-refractivity contribution < 1.29 is 22.7 Å². The summed E-state index contributed by atoms with van der Waals surface area (Å²) in [7, 11) is 0. The van der Waals surface area contributed by atoms with Gasteiger partial charge in [0.15, 0.2) is 5.58 Å². The molecule has 1 fully saturated rings. The van der Waals surface area contributed by atoms with Crippen molar-refractivity contribution in [2.24, 2.45) is 17.8 Å². The molecule has 4 unspecified atom stereocenters. The molecule has 7 nitrogen and oxygen atoms in total. The number of pyridine rings is 1. The zero-order chi connectivity index (χ0) is 23.9. The Hall–Kier alpha value is -2.59. The van der Waals surface area contributed by atoms with Gasteiger partial charge in [-0.1, -0.05) is 25.4 Å². The number of rotatable bonds is 6. The Bertz CT molecular complexity index is 1150. The van der Waals surface area contributed by atoms with E-state index in [-0.39, 0.29) is 47.3 Å². The number of furan rings is 1. The average molecular weight is 484 g/mol. The van der Waals surface area contributed by atoms with Gasteiger partial charge in [0.05, 0.1) is 11.8 Å². The summed E-state index contributed by atoms with van der Waals surface area (Å²) in [6.07, 6.45) is -2.15. The van der Waals surface area contributed by atoms with Gasteiger partial charge < -0.3 is 20.2 Å². The predicted octanol–water partition coefficient (Wildman–Crippen LogP) is 5.29. The monoisotopic (exact) mass is 483 g/mol. The van der Waals surface area contributed by atoms with Crippen LogP contribution in [-0.2, 0) is 0 Å². The quantitative estimate of drug-likeness (QED) is 0.410. The lowest BCUT2D eigenvalue weighted by Crippen LogP contribution is -2.26. The second kappa shape index (κ2) is 8.98. The molecular formula is C22H25ClF3N5O2. The second-order valence-corrected chi connectivity index (χ2v) is 9.01. The zero-order valence-corrected chi connectivity index (χ0v) is 19.1. The highest BCUT2D eigenvalue weighted by Gasteiger charge is 2.38. The Morgan fingerprint density at radius 1 is 1.21 bits per heavy atom. The summed E-state index contributed by atoms with van der Waals surface area (Å²) >= 11 is 6.46. The van der Waals surface area contributed by atoms with Crippen LogP contribution in [0.4, 0.5) is 24.9 Å². The molecule has 3 heterocycles. The molecule has 0 saturated heterocycles. The van der Waals surface area contributed by atoms with Crippen molar-refractivity contribution in [3.63, 3.8) is 0 Å². The number of alkyl halides is 3. The highest BCUT2D eigenvalue weighted by atomic mass is 35.5. The van der Waals surface area contributed by atoms with Crippen molar-refractivity contribution in [3.05, 3.63) is 29.2 Å². The first-order valence-corrected chi connectivity index (χ1v) is 11.1. The van der Waals surface area contributed by atoms with Gasteiger partial charge in [-0.2, -0.15) is 18.2 Å². The van der Waals surface area contributed by atoms with Crippen LogP contribution in [0.2, 0.25) is 5.15 Å². The largest absolute Gasteiger partial charge is 0.454 e. The van der Waals surface area contributed by atoms with E-state index < -0.39 is 12.7 Å². The molecule has 178 valence electrons. The van der Waals surface area contributed by atoms with Crippen molar-refractivity contribution >= 4 is 34.3 Å². The fourth-order valence-electron chi connectivity index (χ4n) is 4.35. The van der Waals surface area contributed by atoms with Crippen LogP contribution in [0.5, 0.6) is 0 Å². The number of hydrogen-bond acceptors (Lipinski definition) is 7. The van der Waals surface area contributed by atoms with Crippen LogP contribution < -0.4 is 10.6 Å². The van der Waals surface area contributed by atoms with Crippen molar-refractivity contribution in [2.75, 3.05) is 23.8 Å². The fraction of sp³-hybridized carbons (Fsp3) is 0.500. The number of nitrogens with one attached hydrogen (secondary N) is 2. The molecule has 3 aromatic rings. The molecule has 0 aliphatic heterocycles. The molecule has 3 aromatic heterocycles. The molecule has 4 rings (SSSR count). The van der Waals surface area contributed by atoms with Gasteiger partial charge in [0.1, 0.15) is 23.3 Å². The molecule has 0 spiro atoms. The molecule has 33 heavy (non-hydrogen) atoms. The van der Waals surface area contributed by atoms with E-state index in [9.17, 15) is 18.3 Å². The minimum Gasteiger partial charge on any atom is -0.454 e. The summed E-state index contributed by atoms with van der Waals surface area (Å²) < 4.78 is 44.1. The molecule has 0 radical (unpaired) electrons. The van der Waals surface area contributed by atoms with Crippen LogP contribution in [0.25, 0.3) is 22.3 Å². The van der Waals surface area contributed by atoms with Crippen molar-refractivity contribution in [1.29, 1.82) is 0 Å². The van der Waals surface area contributed by atoms with Crippen LogP contribution in [-0.4, -0.2) is 45.4 Å². The molecule has 1 saturated carbocycles. The number of anilines is 2.